The first-order chi connectivity index (χ1) is 7.31. The summed E-state index contributed by atoms with van der Waals surface area (Å²) in [5.41, 5.74) is 7.22. The molecule has 2 rings (SSSR count). The van der Waals surface area contributed by atoms with E-state index in [9.17, 15) is 0 Å². The van der Waals surface area contributed by atoms with Crippen LogP contribution in [0.1, 0.15) is 18.9 Å². The Kier molecular flexibility index (Phi) is 2.97. The van der Waals surface area contributed by atoms with Gasteiger partial charge < -0.3 is 5.73 Å². The number of rotatable bonds is 3. The van der Waals surface area contributed by atoms with Gasteiger partial charge in [0, 0.05) is 23.8 Å². The largest absolute Gasteiger partial charge is 0.327 e. The van der Waals surface area contributed by atoms with Crippen molar-refractivity contribution in [3.05, 3.63) is 42.2 Å². The highest BCUT2D eigenvalue weighted by molar-refractivity contribution is 5.84. The van der Waals surface area contributed by atoms with E-state index in [4.69, 9.17) is 5.73 Å². The minimum atomic E-state index is 0.234. The summed E-state index contributed by atoms with van der Waals surface area (Å²) in [5.74, 6) is 0. The van der Waals surface area contributed by atoms with Gasteiger partial charge in [0.15, 0.2) is 0 Å². The van der Waals surface area contributed by atoms with Crippen molar-refractivity contribution < 1.29 is 0 Å². The number of nitrogens with zero attached hydrogens (tertiary/aromatic N) is 1. The van der Waals surface area contributed by atoms with E-state index in [1.807, 2.05) is 18.5 Å². The standard InChI is InChI=1S/C13H16N2/c1-2-12(14)7-11-9-15-8-10-5-3-4-6-13(10)11/h3-6,8-9,12H,2,7,14H2,1H3. The van der Waals surface area contributed by atoms with Crippen LogP contribution in [-0.4, -0.2) is 11.0 Å². The van der Waals surface area contributed by atoms with Crippen LogP contribution >= 0.6 is 0 Å². The van der Waals surface area contributed by atoms with Crippen LogP contribution < -0.4 is 5.73 Å². The topological polar surface area (TPSA) is 38.9 Å². The maximum atomic E-state index is 5.97. The highest BCUT2D eigenvalue weighted by atomic mass is 14.6. The Hall–Kier alpha value is -1.41. The number of pyridine rings is 1. The second kappa shape index (κ2) is 4.41. The van der Waals surface area contributed by atoms with E-state index in [1.54, 1.807) is 0 Å². The summed E-state index contributed by atoms with van der Waals surface area (Å²) >= 11 is 0. The molecule has 0 aliphatic carbocycles. The molecule has 0 radical (unpaired) electrons. The van der Waals surface area contributed by atoms with Gasteiger partial charge in [-0.25, -0.2) is 0 Å². The predicted octanol–water partition coefficient (Wildman–Crippen LogP) is 2.51. The Morgan fingerprint density at radius 2 is 2.07 bits per heavy atom. The second-order valence-corrected chi connectivity index (χ2v) is 3.89. The molecule has 1 unspecified atom stereocenters. The van der Waals surface area contributed by atoms with Crippen LogP contribution in [0.25, 0.3) is 10.8 Å². The van der Waals surface area contributed by atoms with Crippen LogP contribution in [0.4, 0.5) is 0 Å². The summed E-state index contributed by atoms with van der Waals surface area (Å²) in [5, 5.41) is 2.47. The first-order valence-corrected chi connectivity index (χ1v) is 5.38. The molecular weight excluding hydrogens is 184 g/mol. The number of hydrogen-bond donors (Lipinski definition) is 1. The summed E-state index contributed by atoms with van der Waals surface area (Å²) in [6, 6.07) is 8.55. The molecule has 0 spiro atoms. The molecule has 0 saturated carbocycles. The SMILES string of the molecule is CCC(N)Cc1cncc2ccccc12. The molecule has 78 valence electrons. The van der Waals surface area contributed by atoms with Gasteiger partial charge in [-0.15, -0.1) is 0 Å². The number of hydrogen-bond acceptors (Lipinski definition) is 2. The summed E-state index contributed by atoms with van der Waals surface area (Å²) < 4.78 is 0. The predicted molar refractivity (Wildman–Crippen MR) is 63.7 cm³/mol. The van der Waals surface area contributed by atoms with Crippen molar-refractivity contribution in [2.45, 2.75) is 25.8 Å². The van der Waals surface area contributed by atoms with Gasteiger partial charge in [-0.05, 0) is 23.8 Å². The summed E-state index contributed by atoms with van der Waals surface area (Å²) in [6.07, 6.45) is 5.74. The maximum absolute atomic E-state index is 5.97. The van der Waals surface area contributed by atoms with Crippen molar-refractivity contribution in [3.8, 4) is 0 Å². The van der Waals surface area contributed by atoms with Crippen LogP contribution in [0, 0.1) is 0 Å². The van der Waals surface area contributed by atoms with Crippen molar-refractivity contribution in [2.24, 2.45) is 5.73 Å². The van der Waals surface area contributed by atoms with E-state index in [-0.39, 0.29) is 6.04 Å². The fourth-order valence-corrected chi connectivity index (χ4v) is 1.77. The third-order valence-electron chi connectivity index (χ3n) is 2.76. The van der Waals surface area contributed by atoms with E-state index in [0.29, 0.717) is 0 Å². The molecule has 0 aliphatic heterocycles. The maximum Gasteiger partial charge on any atom is 0.0346 e. The monoisotopic (exact) mass is 200 g/mol. The fraction of sp³-hybridized carbons (Fsp3) is 0.308. The molecule has 0 aliphatic rings. The van der Waals surface area contributed by atoms with Gasteiger partial charge in [-0.1, -0.05) is 31.2 Å². The fourth-order valence-electron chi connectivity index (χ4n) is 1.77. The molecule has 2 nitrogen and oxygen atoms in total. The lowest BCUT2D eigenvalue weighted by Crippen LogP contribution is -2.21. The molecule has 0 amide bonds. The quantitative estimate of drug-likeness (QED) is 0.826. The molecule has 1 aromatic carbocycles. The van der Waals surface area contributed by atoms with E-state index < -0.39 is 0 Å². The Morgan fingerprint density at radius 1 is 1.27 bits per heavy atom. The average molecular weight is 200 g/mol. The lowest BCUT2D eigenvalue weighted by molar-refractivity contribution is 0.647. The summed E-state index contributed by atoms with van der Waals surface area (Å²) in [7, 11) is 0. The van der Waals surface area contributed by atoms with E-state index in [1.165, 1.54) is 16.3 Å². The lowest BCUT2D eigenvalue weighted by Gasteiger charge is -2.10. The van der Waals surface area contributed by atoms with Gasteiger partial charge in [0.25, 0.3) is 0 Å². The van der Waals surface area contributed by atoms with Crippen molar-refractivity contribution >= 4 is 10.8 Å². The molecular formula is C13H16N2. The van der Waals surface area contributed by atoms with Crippen molar-refractivity contribution in [2.75, 3.05) is 0 Å². The highest BCUT2D eigenvalue weighted by Crippen LogP contribution is 2.18. The Morgan fingerprint density at radius 3 is 2.87 bits per heavy atom. The molecule has 1 aromatic heterocycles. The minimum Gasteiger partial charge on any atom is -0.327 e. The van der Waals surface area contributed by atoms with Gasteiger partial charge in [0.2, 0.25) is 0 Å². The van der Waals surface area contributed by atoms with Crippen LogP contribution in [-0.2, 0) is 6.42 Å². The van der Waals surface area contributed by atoms with Gasteiger partial charge in [0.1, 0.15) is 0 Å². The zero-order valence-electron chi connectivity index (χ0n) is 8.98. The lowest BCUT2D eigenvalue weighted by atomic mass is 10.0. The van der Waals surface area contributed by atoms with Crippen LogP contribution in [0.5, 0.6) is 0 Å². The van der Waals surface area contributed by atoms with Crippen LogP contribution in [0.2, 0.25) is 0 Å². The number of benzene rings is 1. The van der Waals surface area contributed by atoms with Crippen molar-refractivity contribution in [3.63, 3.8) is 0 Å². The molecule has 0 bridgehead atoms. The zero-order valence-corrected chi connectivity index (χ0v) is 8.98. The zero-order chi connectivity index (χ0) is 10.7. The third-order valence-corrected chi connectivity index (χ3v) is 2.76. The number of fused-ring (bicyclic) bond motifs is 1. The first-order valence-electron chi connectivity index (χ1n) is 5.38. The molecule has 2 N–H and O–H groups in total. The van der Waals surface area contributed by atoms with Crippen LogP contribution in [0.3, 0.4) is 0 Å². The second-order valence-electron chi connectivity index (χ2n) is 3.89. The number of nitrogens with two attached hydrogens (primary N) is 1. The number of aromatic nitrogens is 1. The molecule has 0 fully saturated rings. The van der Waals surface area contributed by atoms with E-state index in [2.05, 4.69) is 30.1 Å². The average Bonchev–Trinajstić information content (AvgIpc) is 2.29. The molecule has 0 saturated heterocycles. The third kappa shape index (κ3) is 2.16. The molecule has 15 heavy (non-hydrogen) atoms. The van der Waals surface area contributed by atoms with Crippen molar-refractivity contribution in [1.82, 2.24) is 4.98 Å². The van der Waals surface area contributed by atoms with Gasteiger partial charge in [0.05, 0.1) is 0 Å². The highest BCUT2D eigenvalue weighted by Gasteiger charge is 2.05. The Bertz CT molecular complexity index is 446. The van der Waals surface area contributed by atoms with Crippen LogP contribution in [0.15, 0.2) is 36.7 Å². The Labute approximate surface area is 90.1 Å². The first kappa shape index (κ1) is 10.1. The normalized spacial score (nSPS) is 12.9. The molecule has 2 heteroatoms. The van der Waals surface area contributed by atoms with Crippen molar-refractivity contribution in [1.29, 1.82) is 0 Å². The Balaban J connectivity index is 2.42. The minimum absolute atomic E-state index is 0.234. The van der Waals surface area contributed by atoms with Gasteiger partial charge in [-0.2, -0.15) is 0 Å². The van der Waals surface area contributed by atoms with Gasteiger partial charge >= 0.3 is 0 Å². The molecule has 1 heterocycles. The van der Waals surface area contributed by atoms with E-state index >= 15 is 0 Å². The summed E-state index contributed by atoms with van der Waals surface area (Å²) in [4.78, 5) is 4.24. The summed E-state index contributed by atoms with van der Waals surface area (Å²) in [6.45, 7) is 2.11. The smallest absolute Gasteiger partial charge is 0.0346 e. The van der Waals surface area contributed by atoms with Gasteiger partial charge in [-0.3, -0.25) is 4.98 Å². The molecule has 2 aromatic rings. The molecule has 1 atom stereocenters. The van der Waals surface area contributed by atoms with E-state index in [0.717, 1.165) is 12.8 Å².